The Kier molecular flexibility index (Phi) is 5.26. The maximum Gasteiger partial charge on any atom is 0.328 e. The Bertz CT molecular complexity index is 414. The van der Waals surface area contributed by atoms with E-state index in [1.165, 1.54) is 0 Å². The summed E-state index contributed by atoms with van der Waals surface area (Å²) < 4.78 is 0. The summed E-state index contributed by atoms with van der Waals surface area (Å²) in [5.41, 5.74) is 6.33. The summed E-state index contributed by atoms with van der Waals surface area (Å²) in [7, 11) is 1.94. The molecule has 6 heteroatoms. The Morgan fingerprint density at radius 3 is 2.59 bits per heavy atom. The van der Waals surface area contributed by atoms with Crippen molar-refractivity contribution >= 4 is 36.5 Å². The molecule has 1 heterocycles. The highest BCUT2D eigenvalue weighted by molar-refractivity contribution is 5.86. The molecular weight excluding hydrogens is 263 g/mol. The first-order chi connectivity index (χ1) is 7.05. The highest BCUT2D eigenvalue weighted by atomic mass is 35.5. The normalized spacial score (nSPS) is 21.9. The van der Waals surface area contributed by atoms with Gasteiger partial charge in [-0.25, -0.2) is 4.79 Å². The molecule has 0 saturated carbocycles. The van der Waals surface area contributed by atoms with E-state index in [0.717, 1.165) is 5.69 Å². The first-order valence-corrected chi connectivity index (χ1v) is 4.88. The van der Waals surface area contributed by atoms with Gasteiger partial charge in [-0.1, -0.05) is 18.2 Å². The van der Waals surface area contributed by atoms with E-state index in [1.807, 2.05) is 30.1 Å². The smallest absolute Gasteiger partial charge is 0.328 e. The molecule has 4 nitrogen and oxygen atoms in total. The summed E-state index contributed by atoms with van der Waals surface area (Å²) >= 11 is 0. The number of carbonyl (C=O) groups is 1. The Balaban J connectivity index is 0.00000128. The summed E-state index contributed by atoms with van der Waals surface area (Å²) in [6, 6.07) is 7.41. The predicted molar refractivity (Wildman–Crippen MR) is 72.3 cm³/mol. The number of benzene rings is 1. The molecule has 1 aromatic rings. The van der Waals surface area contributed by atoms with Crippen LogP contribution >= 0.6 is 24.8 Å². The van der Waals surface area contributed by atoms with Crippen LogP contribution in [0.3, 0.4) is 0 Å². The molecule has 3 N–H and O–H groups in total. The van der Waals surface area contributed by atoms with E-state index in [4.69, 9.17) is 5.73 Å². The third-order valence-electron chi connectivity index (χ3n) is 3.02. The van der Waals surface area contributed by atoms with Crippen LogP contribution in [-0.4, -0.2) is 24.7 Å². The maximum absolute atomic E-state index is 11.2. The Morgan fingerprint density at radius 1 is 1.41 bits per heavy atom. The average Bonchev–Trinajstić information content (AvgIpc) is 2.24. The molecule has 1 aliphatic heterocycles. The molecule has 1 aromatic carbocycles. The lowest BCUT2D eigenvalue weighted by Gasteiger charge is -2.37. The number of halogens is 2. The fourth-order valence-electron chi connectivity index (χ4n) is 2.01. The highest BCUT2D eigenvalue weighted by Gasteiger charge is 2.41. The Morgan fingerprint density at radius 2 is 2.00 bits per heavy atom. The summed E-state index contributed by atoms with van der Waals surface area (Å²) in [5.74, 6) is -0.956. The van der Waals surface area contributed by atoms with Crippen molar-refractivity contribution in [2.45, 2.75) is 12.0 Å². The van der Waals surface area contributed by atoms with Crippen molar-refractivity contribution in [1.82, 2.24) is 0 Å². The number of carboxylic acid groups (broad SMARTS) is 1. The second-order valence-electron chi connectivity index (χ2n) is 3.97. The van der Waals surface area contributed by atoms with E-state index in [1.54, 1.807) is 6.07 Å². The minimum Gasteiger partial charge on any atom is -0.480 e. The zero-order valence-corrected chi connectivity index (χ0v) is 11.1. The van der Waals surface area contributed by atoms with Crippen LogP contribution in [0.1, 0.15) is 12.0 Å². The number of rotatable bonds is 1. The van der Waals surface area contributed by atoms with Crippen LogP contribution in [0.25, 0.3) is 0 Å². The number of fused-ring (bicyclic) bond motifs is 1. The maximum atomic E-state index is 11.2. The molecular formula is C11H16Cl2N2O2. The molecule has 1 unspecified atom stereocenters. The molecule has 2 rings (SSSR count). The van der Waals surface area contributed by atoms with Crippen LogP contribution in [0.15, 0.2) is 24.3 Å². The zero-order valence-electron chi connectivity index (χ0n) is 9.42. The van der Waals surface area contributed by atoms with Gasteiger partial charge in [-0.3, -0.25) is 0 Å². The van der Waals surface area contributed by atoms with Crippen molar-refractivity contribution in [3.8, 4) is 0 Å². The standard InChI is InChI=1S/C11H14N2O2.2ClH/c1-13-7-6-11(12,10(14)15)8-4-2-3-5-9(8)13;;/h2-5H,6-7,12H2,1H3,(H,14,15);2*1H. The molecule has 0 saturated heterocycles. The van der Waals surface area contributed by atoms with E-state index < -0.39 is 11.5 Å². The fraction of sp³-hybridized carbons (Fsp3) is 0.364. The summed E-state index contributed by atoms with van der Waals surface area (Å²) in [5, 5.41) is 9.19. The Labute approximate surface area is 113 Å². The van der Waals surface area contributed by atoms with Gasteiger partial charge in [0.2, 0.25) is 0 Å². The molecule has 1 aliphatic rings. The molecule has 0 radical (unpaired) electrons. The lowest BCUT2D eigenvalue weighted by atomic mass is 9.83. The van der Waals surface area contributed by atoms with E-state index in [-0.39, 0.29) is 24.8 Å². The number of nitrogens with two attached hydrogens (primary N) is 1. The van der Waals surface area contributed by atoms with Crippen molar-refractivity contribution in [3.05, 3.63) is 29.8 Å². The fourth-order valence-corrected chi connectivity index (χ4v) is 2.01. The molecule has 0 amide bonds. The van der Waals surface area contributed by atoms with Crippen molar-refractivity contribution < 1.29 is 9.90 Å². The van der Waals surface area contributed by atoms with E-state index in [9.17, 15) is 9.90 Å². The Hall–Kier alpha value is -0.970. The molecule has 96 valence electrons. The van der Waals surface area contributed by atoms with Gasteiger partial charge < -0.3 is 15.7 Å². The molecule has 17 heavy (non-hydrogen) atoms. The van der Waals surface area contributed by atoms with Crippen LogP contribution in [0, 0.1) is 0 Å². The van der Waals surface area contributed by atoms with Gasteiger partial charge in [-0.15, -0.1) is 24.8 Å². The molecule has 0 aliphatic carbocycles. The van der Waals surface area contributed by atoms with Gasteiger partial charge in [0.05, 0.1) is 0 Å². The molecule has 0 aromatic heterocycles. The van der Waals surface area contributed by atoms with Gasteiger partial charge in [0.25, 0.3) is 0 Å². The van der Waals surface area contributed by atoms with Gasteiger partial charge in [0, 0.05) is 24.8 Å². The van der Waals surface area contributed by atoms with E-state index >= 15 is 0 Å². The van der Waals surface area contributed by atoms with Crippen molar-refractivity contribution in [1.29, 1.82) is 0 Å². The third kappa shape index (κ3) is 2.49. The molecule has 1 atom stereocenters. The van der Waals surface area contributed by atoms with E-state index in [0.29, 0.717) is 18.5 Å². The van der Waals surface area contributed by atoms with Crippen LogP contribution < -0.4 is 10.6 Å². The second-order valence-corrected chi connectivity index (χ2v) is 3.97. The molecule has 0 bridgehead atoms. The first kappa shape index (κ1) is 16.0. The monoisotopic (exact) mass is 278 g/mol. The first-order valence-electron chi connectivity index (χ1n) is 4.88. The zero-order chi connectivity index (χ0) is 11.1. The van der Waals surface area contributed by atoms with Gasteiger partial charge >= 0.3 is 5.97 Å². The van der Waals surface area contributed by atoms with Gasteiger partial charge in [-0.2, -0.15) is 0 Å². The van der Waals surface area contributed by atoms with Crippen molar-refractivity contribution in [3.63, 3.8) is 0 Å². The highest BCUT2D eigenvalue weighted by Crippen LogP contribution is 2.35. The number of hydrogen-bond acceptors (Lipinski definition) is 3. The van der Waals surface area contributed by atoms with Crippen molar-refractivity contribution in [2.75, 3.05) is 18.5 Å². The minimum absolute atomic E-state index is 0. The molecule has 0 spiro atoms. The predicted octanol–water partition coefficient (Wildman–Crippen LogP) is 1.61. The summed E-state index contributed by atoms with van der Waals surface area (Å²) in [6.07, 6.45) is 0.440. The van der Waals surface area contributed by atoms with E-state index in [2.05, 4.69) is 0 Å². The second kappa shape index (κ2) is 5.58. The number of nitrogens with zero attached hydrogens (tertiary/aromatic N) is 1. The lowest BCUT2D eigenvalue weighted by Crippen LogP contribution is -2.50. The third-order valence-corrected chi connectivity index (χ3v) is 3.02. The SMILES string of the molecule is CN1CCC(N)(C(=O)O)c2ccccc21.Cl.Cl. The number of hydrogen-bond donors (Lipinski definition) is 2. The lowest BCUT2D eigenvalue weighted by molar-refractivity contribution is -0.144. The molecule has 0 fully saturated rings. The number of carboxylic acids is 1. The topological polar surface area (TPSA) is 66.6 Å². The number of anilines is 1. The van der Waals surface area contributed by atoms with Crippen LogP contribution in [0.5, 0.6) is 0 Å². The minimum atomic E-state index is -1.23. The van der Waals surface area contributed by atoms with Gasteiger partial charge in [-0.05, 0) is 12.5 Å². The average molecular weight is 279 g/mol. The number of aliphatic carboxylic acids is 1. The quantitative estimate of drug-likeness (QED) is 0.819. The summed E-state index contributed by atoms with van der Waals surface area (Å²) in [6.45, 7) is 0.666. The van der Waals surface area contributed by atoms with Crippen LogP contribution in [0.4, 0.5) is 5.69 Å². The van der Waals surface area contributed by atoms with Gasteiger partial charge in [0.1, 0.15) is 5.54 Å². The van der Waals surface area contributed by atoms with Crippen LogP contribution in [-0.2, 0) is 10.3 Å². The van der Waals surface area contributed by atoms with Gasteiger partial charge in [0.15, 0.2) is 0 Å². The van der Waals surface area contributed by atoms with Crippen LogP contribution in [0.2, 0.25) is 0 Å². The number of para-hydroxylation sites is 1. The largest absolute Gasteiger partial charge is 0.480 e. The van der Waals surface area contributed by atoms with Crippen molar-refractivity contribution in [2.24, 2.45) is 5.73 Å². The summed E-state index contributed by atoms with van der Waals surface area (Å²) in [4.78, 5) is 13.2.